The number of fused-ring (bicyclic) bond motifs is 1. The smallest absolute Gasteiger partial charge is 0.269 e. The third kappa shape index (κ3) is 3.02. The number of benzene rings is 2. The van der Waals surface area contributed by atoms with E-state index in [1.54, 1.807) is 30.3 Å². The molecule has 4 N–H and O–H groups in total. The zero-order chi connectivity index (χ0) is 17.3. The van der Waals surface area contributed by atoms with E-state index in [4.69, 9.17) is 5.73 Å². The van der Waals surface area contributed by atoms with E-state index < -0.39 is 4.92 Å². The highest BCUT2D eigenvalue weighted by Gasteiger charge is 2.10. The topological polar surface area (TPSA) is 127 Å². The number of aromatic nitrogens is 2. The van der Waals surface area contributed by atoms with Gasteiger partial charge < -0.3 is 11.1 Å². The average Bonchev–Trinajstić information content (AvgIpc) is 2.55. The van der Waals surface area contributed by atoms with E-state index in [0.717, 1.165) is 11.3 Å². The minimum absolute atomic E-state index is 0.0480. The predicted octanol–water partition coefficient (Wildman–Crippen LogP) is 2.59. The van der Waals surface area contributed by atoms with Crippen molar-refractivity contribution in [1.29, 1.82) is 0 Å². The number of aromatic amines is 1. The normalized spacial score (nSPS) is 12.0. The molecule has 3 aromatic rings. The van der Waals surface area contributed by atoms with E-state index in [0.29, 0.717) is 10.9 Å². The molecule has 0 saturated carbocycles. The number of H-pyrrole nitrogens is 1. The molecule has 122 valence electrons. The lowest BCUT2D eigenvalue weighted by atomic mass is 10.1. The van der Waals surface area contributed by atoms with Crippen molar-refractivity contribution in [3.05, 3.63) is 68.5 Å². The molecule has 0 bridgehead atoms. The van der Waals surface area contributed by atoms with Gasteiger partial charge in [-0.2, -0.15) is 0 Å². The van der Waals surface area contributed by atoms with E-state index in [1.807, 2.05) is 6.92 Å². The Morgan fingerprint density at radius 2 is 1.96 bits per heavy atom. The average molecular weight is 325 g/mol. The molecule has 0 fully saturated rings. The second kappa shape index (κ2) is 5.99. The zero-order valence-electron chi connectivity index (χ0n) is 12.8. The Labute approximate surface area is 136 Å². The molecule has 0 aliphatic heterocycles. The largest absolute Gasteiger partial charge is 0.378 e. The van der Waals surface area contributed by atoms with Crippen molar-refractivity contribution in [2.45, 2.75) is 13.0 Å². The Balaban J connectivity index is 1.86. The molecule has 0 saturated heterocycles. The van der Waals surface area contributed by atoms with Gasteiger partial charge in [0.2, 0.25) is 5.95 Å². The van der Waals surface area contributed by atoms with Gasteiger partial charge >= 0.3 is 0 Å². The number of rotatable bonds is 4. The number of hydrogen-bond acceptors (Lipinski definition) is 6. The Morgan fingerprint density at radius 3 is 2.62 bits per heavy atom. The monoisotopic (exact) mass is 325 g/mol. The molecule has 24 heavy (non-hydrogen) atoms. The van der Waals surface area contributed by atoms with Gasteiger partial charge in [-0.25, -0.2) is 4.98 Å². The molecule has 1 unspecified atom stereocenters. The highest BCUT2D eigenvalue weighted by molar-refractivity contribution is 5.82. The standard InChI is InChI=1S/C16H15N5O3/c1-9(10-2-5-12(6-3-10)21(23)24)18-11-4-7-14-13(8-11)15(22)20-16(17)19-14/h2-9,18H,1H3,(H3,17,19,20,22). The van der Waals surface area contributed by atoms with Gasteiger partial charge in [0.05, 0.1) is 15.8 Å². The first kappa shape index (κ1) is 15.5. The summed E-state index contributed by atoms with van der Waals surface area (Å²) in [5, 5.41) is 14.4. The molecule has 8 nitrogen and oxygen atoms in total. The molecule has 0 aliphatic rings. The number of nitro benzene ring substituents is 1. The van der Waals surface area contributed by atoms with Crippen molar-refractivity contribution in [1.82, 2.24) is 9.97 Å². The molecule has 0 amide bonds. The Kier molecular flexibility index (Phi) is 3.87. The first-order chi connectivity index (χ1) is 11.4. The number of hydrogen-bond donors (Lipinski definition) is 3. The predicted molar refractivity (Wildman–Crippen MR) is 91.9 cm³/mol. The van der Waals surface area contributed by atoms with Crippen molar-refractivity contribution >= 4 is 28.2 Å². The van der Waals surface area contributed by atoms with Crippen molar-refractivity contribution in [3.63, 3.8) is 0 Å². The van der Waals surface area contributed by atoms with E-state index in [-0.39, 0.29) is 23.2 Å². The SMILES string of the molecule is CC(Nc1ccc2nc(N)[nH]c(=O)c2c1)c1ccc([N+](=O)[O-])cc1. The number of nitrogens with zero attached hydrogens (tertiary/aromatic N) is 2. The van der Waals surface area contributed by atoms with Crippen molar-refractivity contribution in [2.24, 2.45) is 0 Å². The van der Waals surface area contributed by atoms with Crippen LogP contribution in [0, 0.1) is 10.1 Å². The van der Waals surface area contributed by atoms with Crippen LogP contribution in [0.25, 0.3) is 10.9 Å². The summed E-state index contributed by atoms with van der Waals surface area (Å²) in [5.74, 6) is 0.0763. The van der Waals surface area contributed by atoms with E-state index in [2.05, 4.69) is 15.3 Å². The van der Waals surface area contributed by atoms with Crippen LogP contribution in [0.4, 0.5) is 17.3 Å². The summed E-state index contributed by atoms with van der Waals surface area (Å²) in [6.45, 7) is 1.93. The summed E-state index contributed by atoms with van der Waals surface area (Å²) in [5.41, 5.74) is 7.42. The summed E-state index contributed by atoms with van der Waals surface area (Å²) in [6, 6.07) is 11.4. The first-order valence-electron chi connectivity index (χ1n) is 7.24. The van der Waals surface area contributed by atoms with Gasteiger partial charge in [-0.1, -0.05) is 12.1 Å². The van der Waals surface area contributed by atoms with Crippen LogP contribution in [0.5, 0.6) is 0 Å². The highest BCUT2D eigenvalue weighted by Crippen LogP contribution is 2.23. The molecule has 1 atom stereocenters. The fraction of sp³-hybridized carbons (Fsp3) is 0.125. The third-order valence-electron chi connectivity index (χ3n) is 3.71. The summed E-state index contributed by atoms with van der Waals surface area (Å²) in [6.07, 6.45) is 0. The van der Waals surface area contributed by atoms with E-state index in [1.165, 1.54) is 12.1 Å². The Morgan fingerprint density at radius 1 is 1.25 bits per heavy atom. The van der Waals surface area contributed by atoms with E-state index >= 15 is 0 Å². The van der Waals surface area contributed by atoms with Crippen LogP contribution < -0.4 is 16.6 Å². The maximum Gasteiger partial charge on any atom is 0.269 e. The van der Waals surface area contributed by atoms with Gasteiger partial charge in [0.1, 0.15) is 0 Å². The molecule has 3 rings (SSSR count). The number of nitrogens with two attached hydrogens (primary N) is 1. The summed E-state index contributed by atoms with van der Waals surface area (Å²) < 4.78 is 0. The Bertz CT molecular complexity index is 966. The summed E-state index contributed by atoms with van der Waals surface area (Å²) in [4.78, 5) is 28.7. The van der Waals surface area contributed by atoms with Gasteiger partial charge in [0.15, 0.2) is 0 Å². The van der Waals surface area contributed by atoms with Gasteiger partial charge in [-0.3, -0.25) is 19.9 Å². The van der Waals surface area contributed by atoms with Crippen LogP contribution in [-0.4, -0.2) is 14.9 Å². The van der Waals surface area contributed by atoms with Gasteiger partial charge in [-0.15, -0.1) is 0 Å². The van der Waals surface area contributed by atoms with Gasteiger partial charge in [0.25, 0.3) is 11.2 Å². The number of anilines is 2. The molecule has 0 aliphatic carbocycles. The lowest BCUT2D eigenvalue weighted by Crippen LogP contribution is -2.12. The second-order valence-corrected chi connectivity index (χ2v) is 5.40. The third-order valence-corrected chi connectivity index (χ3v) is 3.71. The second-order valence-electron chi connectivity index (χ2n) is 5.40. The number of non-ortho nitro benzene ring substituents is 1. The van der Waals surface area contributed by atoms with Gasteiger partial charge in [0, 0.05) is 23.9 Å². The number of nitrogens with one attached hydrogen (secondary N) is 2. The van der Waals surface area contributed by atoms with Crippen LogP contribution in [-0.2, 0) is 0 Å². The molecule has 2 aromatic carbocycles. The summed E-state index contributed by atoms with van der Waals surface area (Å²) >= 11 is 0. The fourth-order valence-corrected chi connectivity index (χ4v) is 2.46. The van der Waals surface area contributed by atoms with Crippen LogP contribution >= 0.6 is 0 Å². The van der Waals surface area contributed by atoms with Crippen LogP contribution in [0.3, 0.4) is 0 Å². The molecule has 1 aromatic heterocycles. The fourth-order valence-electron chi connectivity index (χ4n) is 2.46. The first-order valence-corrected chi connectivity index (χ1v) is 7.24. The van der Waals surface area contributed by atoms with Crippen molar-refractivity contribution in [3.8, 4) is 0 Å². The van der Waals surface area contributed by atoms with Crippen LogP contribution in [0.2, 0.25) is 0 Å². The van der Waals surface area contributed by atoms with Crippen LogP contribution in [0.15, 0.2) is 47.3 Å². The lowest BCUT2D eigenvalue weighted by molar-refractivity contribution is -0.384. The molecular formula is C16H15N5O3. The molecule has 8 heteroatoms. The molecule has 1 heterocycles. The van der Waals surface area contributed by atoms with Crippen LogP contribution in [0.1, 0.15) is 18.5 Å². The molecule has 0 radical (unpaired) electrons. The number of nitrogen functional groups attached to an aromatic ring is 1. The highest BCUT2D eigenvalue weighted by atomic mass is 16.6. The maximum absolute atomic E-state index is 11.9. The minimum atomic E-state index is -0.434. The van der Waals surface area contributed by atoms with Gasteiger partial charge in [-0.05, 0) is 30.7 Å². The van der Waals surface area contributed by atoms with E-state index in [9.17, 15) is 14.9 Å². The molecule has 0 spiro atoms. The Hall–Kier alpha value is -3.42. The number of nitro groups is 1. The maximum atomic E-state index is 11.9. The quantitative estimate of drug-likeness (QED) is 0.500. The van der Waals surface area contributed by atoms with Crippen molar-refractivity contribution in [2.75, 3.05) is 11.1 Å². The molecular weight excluding hydrogens is 310 g/mol. The minimum Gasteiger partial charge on any atom is -0.378 e. The van der Waals surface area contributed by atoms with Crippen molar-refractivity contribution < 1.29 is 4.92 Å². The zero-order valence-corrected chi connectivity index (χ0v) is 12.8. The summed E-state index contributed by atoms with van der Waals surface area (Å²) in [7, 11) is 0. The lowest BCUT2D eigenvalue weighted by Gasteiger charge is -2.16.